The fraction of sp³-hybridized carbons (Fsp3) is 0.333. The van der Waals surface area contributed by atoms with Gasteiger partial charge in [-0.05, 0) is 31.2 Å². The Hall–Kier alpha value is -3.48. The number of hydrogen-bond acceptors (Lipinski definition) is 6. The first-order chi connectivity index (χ1) is 14.5. The number of rotatable bonds is 4. The zero-order chi connectivity index (χ0) is 23.3. The standard InChI is InChI=1S/C16H16FN3O4.C2HF3O2/c1-2-24-15(22)13-9-19(12-7-18-8-12)16(23)20(14(13)21)11-5-3-10(17)4-6-11;3-2(4,5)1(6)7/h3-6,9,12,18H,2,7-8H2,1H3;(H,6,7). The molecule has 1 saturated heterocycles. The summed E-state index contributed by atoms with van der Waals surface area (Å²) in [6, 6.07) is 4.77. The number of benzene rings is 1. The highest BCUT2D eigenvalue weighted by molar-refractivity contribution is 5.88. The molecule has 0 bridgehead atoms. The molecule has 0 saturated carbocycles. The topological polar surface area (TPSA) is 120 Å². The SMILES string of the molecule is CCOC(=O)c1cn(C2CNC2)c(=O)n(-c2ccc(F)cc2)c1=O.O=C(O)C(F)(F)F. The van der Waals surface area contributed by atoms with Gasteiger partial charge in [-0.25, -0.2) is 23.3 Å². The summed E-state index contributed by atoms with van der Waals surface area (Å²) in [7, 11) is 0. The summed E-state index contributed by atoms with van der Waals surface area (Å²) in [5.74, 6) is -4.04. The number of carboxylic acid groups (broad SMARTS) is 1. The lowest BCUT2D eigenvalue weighted by Gasteiger charge is -2.29. The van der Waals surface area contributed by atoms with E-state index in [1.54, 1.807) is 6.92 Å². The Morgan fingerprint density at radius 2 is 1.74 bits per heavy atom. The molecule has 0 radical (unpaired) electrons. The molecule has 1 fully saturated rings. The first-order valence-electron chi connectivity index (χ1n) is 8.79. The number of carboxylic acids is 1. The zero-order valence-corrected chi connectivity index (χ0v) is 16.0. The van der Waals surface area contributed by atoms with Crippen molar-refractivity contribution in [2.75, 3.05) is 19.7 Å². The summed E-state index contributed by atoms with van der Waals surface area (Å²) in [5, 5.41) is 10.2. The molecular weight excluding hydrogens is 430 g/mol. The minimum atomic E-state index is -5.08. The van der Waals surface area contributed by atoms with E-state index >= 15 is 0 Å². The van der Waals surface area contributed by atoms with Gasteiger partial charge in [0.1, 0.15) is 11.4 Å². The van der Waals surface area contributed by atoms with Gasteiger partial charge in [0, 0.05) is 19.3 Å². The van der Waals surface area contributed by atoms with Crippen molar-refractivity contribution in [1.82, 2.24) is 14.5 Å². The molecule has 13 heteroatoms. The van der Waals surface area contributed by atoms with E-state index in [0.29, 0.717) is 13.1 Å². The first kappa shape index (κ1) is 23.8. The largest absolute Gasteiger partial charge is 0.490 e. The molecule has 3 rings (SSSR count). The van der Waals surface area contributed by atoms with Crippen LogP contribution in [0.4, 0.5) is 17.6 Å². The molecule has 1 aromatic carbocycles. The molecule has 0 atom stereocenters. The Morgan fingerprint density at radius 3 is 2.16 bits per heavy atom. The Kier molecular flexibility index (Phi) is 7.33. The van der Waals surface area contributed by atoms with Gasteiger partial charge in [0.2, 0.25) is 0 Å². The Bertz CT molecular complexity index is 1070. The van der Waals surface area contributed by atoms with Crippen LogP contribution < -0.4 is 16.6 Å². The lowest BCUT2D eigenvalue weighted by Crippen LogP contribution is -2.51. The molecular formula is C18H17F4N3O6. The number of halogens is 4. The van der Waals surface area contributed by atoms with Crippen LogP contribution in [0.5, 0.6) is 0 Å². The number of carbonyl (C=O) groups excluding carboxylic acids is 1. The zero-order valence-electron chi connectivity index (χ0n) is 16.0. The number of carbonyl (C=O) groups is 2. The van der Waals surface area contributed by atoms with Crippen molar-refractivity contribution >= 4 is 11.9 Å². The average Bonchev–Trinajstić information content (AvgIpc) is 2.64. The van der Waals surface area contributed by atoms with Crippen LogP contribution >= 0.6 is 0 Å². The number of nitrogens with one attached hydrogen (secondary N) is 1. The van der Waals surface area contributed by atoms with E-state index < -0.39 is 35.2 Å². The van der Waals surface area contributed by atoms with Crippen LogP contribution in [-0.4, -0.2) is 52.1 Å². The molecule has 1 aliphatic heterocycles. The van der Waals surface area contributed by atoms with E-state index in [4.69, 9.17) is 14.6 Å². The fourth-order valence-corrected chi connectivity index (χ4v) is 2.47. The van der Waals surface area contributed by atoms with Gasteiger partial charge in [0.05, 0.1) is 18.3 Å². The van der Waals surface area contributed by atoms with Gasteiger partial charge < -0.3 is 15.2 Å². The van der Waals surface area contributed by atoms with Crippen molar-refractivity contribution in [2.45, 2.75) is 19.1 Å². The van der Waals surface area contributed by atoms with Crippen molar-refractivity contribution in [1.29, 1.82) is 0 Å². The average molecular weight is 447 g/mol. The maximum atomic E-state index is 13.1. The number of aliphatic carboxylic acids is 1. The summed E-state index contributed by atoms with van der Waals surface area (Å²) in [5.41, 5.74) is -1.40. The van der Waals surface area contributed by atoms with E-state index in [1.165, 1.54) is 22.9 Å². The highest BCUT2D eigenvalue weighted by Gasteiger charge is 2.38. The Morgan fingerprint density at radius 1 is 1.19 bits per heavy atom. The summed E-state index contributed by atoms with van der Waals surface area (Å²) >= 11 is 0. The molecule has 0 unspecified atom stereocenters. The fourth-order valence-electron chi connectivity index (χ4n) is 2.47. The molecule has 0 aliphatic carbocycles. The van der Waals surface area contributed by atoms with Crippen LogP contribution in [0.3, 0.4) is 0 Å². The summed E-state index contributed by atoms with van der Waals surface area (Å²) in [6.07, 6.45) is -3.84. The Labute approximate surface area is 171 Å². The predicted octanol–water partition coefficient (Wildman–Crippen LogP) is 1.09. The maximum Gasteiger partial charge on any atom is 0.490 e. The summed E-state index contributed by atoms with van der Waals surface area (Å²) in [6.45, 7) is 2.86. The Balaban J connectivity index is 0.000000423. The second kappa shape index (κ2) is 9.55. The number of aromatic nitrogens is 2. The summed E-state index contributed by atoms with van der Waals surface area (Å²) < 4.78 is 52.0. The molecule has 2 aromatic rings. The highest BCUT2D eigenvalue weighted by Crippen LogP contribution is 2.13. The molecule has 9 nitrogen and oxygen atoms in total. The van der Waals surface area contributed by atoms with Crippen LogP contribution in [0.2, 0.25) is 0 Å². The number of alkyl halides is 3. The van der Waals surface area contributed by atoms with Gasteiger partial charge in [0.15, 0.2) is 0 Å². The minimum absolute atomic E-state index is 0.110. The minimum Gasteiger partial charge on any atom is -0.475 e. The third kappa shape index (κ3) is 5.57. The lowest BCUT2D eigenvalue weighted by molar-refractivity contribution is -0.192. The summed E-state index contributed by atoms with van der Waals surface area (Å²) in [4.78, 5) is 46.3. The third-order valence-electron chi connectivity index (χ3n) is 4.09. The highest BCUT2D eigenvalue weighted by atomic mass is 19.4. The third-order valence-corrected chi connectivity index (χ3v) is 4.09. The van der Waals surface area contributed by atoms with Crippen molar-refractivity contribution in [2.24, 2.45) is 0 Å². The molecule has 168 valence electrons. The molecule has 31 heavy (non-hydrogen) atoms. The molecule has 0 amide bonds. The monoisotopic (exact) mass is 447 g/mol. The molecule has 1 aliphatic rings. The molecule has 2 N–H and O–H groups in total. The quantitative estimate of drug-likeness (QED) is 0.532. The maximum absolute atomic E-state index is 13.1. The number of hydrogen-bond donors (Lipinski definition) is 2. The van der Waals surface area contributed by atoms with E-state index in [-0.39, 0.29) is 23.9 Å². The van der Waals surface area contributed by atoms with E-state index in [0.717, 1.165) is 16.7 Å². The van der Waals surface area contributed by atoms with Crippen molar-refractivity contribution in [3.8, 4) is 5.69 Å². The van der Waals surface area contributed by atoms with Gasteiger partial charge >= 0.3 is 23.8 Å². The van der Waals surface area contributed by atoms with Gasteiger partial charge in [-0.3, -0.25) is 9.36 Å². The number of nitrogens with zero attached hydrogens (tertiary/aromatic N) is 2. The normalized spacial score (nSPS) is 13.6. The van der Waals surface area contributed by atoms with Crippen LogP contribution in [0.1, 0.15) is 23.3 Å². The van der Waals surface area contributed by atoms with Crippen LogP contribution in [-0.2, 0) is 9.53 Å². The molecule has 2 heterocycles. The van der Waals surface area contributed by atoms with Crippen molar-refractivity contribution in [3.05, 3.63) is 62.7 Å². The van der Waals surface area contributed by atoms with Gasteiger partial charge in [-0.1, -0.05) is 0 Å². The van der Waals surface area contributed by atoms with E-state index in [1.807, 2.05) is 0 Å². The van der Waals surface area contributed by atoms with Crippen LogP contribution in [0, 0.1) is 5.82 Å². The lowest BCUT2D eigenvalue weighted by atomic mass is 10.1. The van der Waals surface area contributed by atoms with Crippen LogP contribution in [0.15, 0.2) is 40.1 Å². The molecule has 0 spiro atoms. The van der Waals surface area contributed by atoms with Crippen molar-refractivity contribution < 1.29 is 37.0 Å². The second-order valence-electron chi connectivity index (χ2n) is 6.19. The van der Waals surface area contributed by atoms with Crippen LogP contribution in [0.25, 0.3) is 5.69 Å². The van der Waals surface area contributed by atoms with E-state index in [2.05, 4.69) is 5.32 Å². The van der Waals surface area contributed by atoms with Gasteiger partial charge in [-0.2, -0.15) is 13.2 Å². The van der Waals surface area contributed by atoms with Gasteiger partial charge in [0.25, 0.3) is 5.56 Å². The van der Waals surface area contributed by atoms with E-state index in [9.17, 15) is 31.9 Å². The number of esters is 1. The molecule has 1 aromatic heterocycles. The second-order valence-corrected chi connectivity index (χ2v) is 6.19. The number of ether oxygens (including phenoxy) is 1. The smallest absolute Gasteiger partial charge is 0.475 e. The van der Waals surface area contributed by atoms with Gasteiger partial charge in [-0.15, -0.1) is 0 Å². The van der Waals surface area contributed by atoms with Crippen molar-refractivity contribution in [3.63, 3.8) is 0 Å². The first-order valence-corrected chi connectivity index (χ1v) is 8.79. The predicted molar refractivity (Wildman–Crippen MR) is 97.8 cm³/mol.